The fraction of sp³-hybridized carbons (Fsp3) is 0.316. The highest BCUT2D eigenvalue weighted by atomic mass is 32.2. The van der Waals surface area contributed by atoms with Gasteiger partial charge in [0.2, 0.25) is 5.91 Å². The van der Waals surface area contributed by atoms with Crippen LogP contribution in [-0.2, 0) is 11.3 Å². The number of carbonyl (C=O) groups excluding carboxylic acids is 1. The molecule has 1 saturated carbocycles. The average molecular weight is 385 g/mol. The van der Waals surface area contributed by atoms with Crippen molar-refractivity contribution in [1.29, 1.82) is 0 Å². The zero-order chi connectivity index (χ0) is 17.9. The third kappa shape index (κ3) is 3.83. The van der Waals surface area contributed by atoms with E-state index in [0.717, 1.165) is 34.7 Å². The summed E-state index contributed by atoms with van der Waals surface area (Å²) in [6.07, 6.45) is 2.57. The first kappa shape index (κ1) is 17.3. The van der Waals surface area contributed by atoms with Gasteiger partial charge in [-0.1, -0.05) is 23.9 Å². The number of carbonyl (C=O) groups is 1. The van der Waals surface area contributed by atoms with Crippen molar-refractivity contribution in [3.8, 4) is 11.4 Å². The number of benzene rings is 1. The van der Waals surface area contributed by atoms with Crippen LogP contribution in [0.15, 0.2) is 46.2 Å². The Morgan fingerprint density at radius 1 is 1.27 bits per heavy atom. The van der Waals surface area contributed by atoms with Gasteiger partial charge >= 0.3 is 0 Å². The second-order valence-electron chi connectivity index (χ2n) is 6.30. The Labute approximate surface area is 160 Å². The lowest BCUT2D eigenvalue weighted by Crippen LogP contribution is -2.14. The average Bonchev–Trinajstić information content (AvgIpc) is 3.20. The summed E-state index contributed by atoms with van der Waals surface area (Å²) < 4.78 is 2.05. The number of thioether (sulfide) groups is 1. The van der Waals surface area contributed by atoms with Crippen molar-refractivity contribution >= 4 is 34.7 Å². The van der Waals surface area contributed by atoms with Gasteiger partial charge in [-0.25, -0.2) is 0 Å². The first-order chi connectivity index (χ1) is 12.7. The molecular weight excluding hydrogens is 364 g/mol. The molecule has 134 valence electrons. The summed E-state index contributed by atoms with van der Waals surface area (Å²) in [7, 11) is 0. The minimum Gasteiger partial charge on any atom is -0.325 e. The fourth-order valence-corrected chi connectivity index (χ4v) is 4.30. The molecule has 0 radical (unpaired) electrons. The Balaban J connectivity index is 1.36. The maximum absolute atomic E-state index is 12.3. The molecule has 1 N–H and O–H groups in total. The summed E-state index contributed by atoms with van der Waals surface area (Å²) in [6.45, 7) is 2.83. The zero-order valence-electron chi connectivity index (χ0n) is 14.5. The maximum atomic E-state index is 12.3. The summed E-state index contributed by atoms with van der Waals surface area (Å²) in [5, 5.41) is 16.4. The molecule has 26 heavy (non-hydrogen) atoms. The smallest absolute Gasteiger partial charge is 0.234 e. The van der Waals surface area contributed by atoms with E-state index in [4.69, 9.17) is 0 Å². The highest BCUT2D eigenvalue weighted by Crippen LogP contribution is 2.40. The van der Waals surface area contributed by atoms with E-state index in [9.17, 15) is 4.79 Å². The molecule has 5 nitrogen and oxygen atoms in total. The Bertz CT molecular complexity index is 883. The first-order valence-electron chi connectivity index (χ1n) is 8.73. The topological polar surface area (TPSA) is 59.8 Å². The largest absolute Gasteiger partial charge is 0.325 e. The van der Waals surface area contributed by atoms with Gasteiger partial charge in [0.25, 0.3) is 0 Å². The number of hydrogen-bond acceptors (Lipinski definition) is 5. The molecule has 3 aromatic rings. The van der Waals surface area contributed by atoms with Gasteiger partial charge in [0.05, 0.1) is 5.75 Å². The van der Waals surface area contributed by atoms with Crippen molar-refractivity contribution in [2.24, 2.45) is 0 Å². The van der Waals surface area contributed by atoms with Crippen LogP contribution in [0.2, 0.25) is 0 Å². The third-order valence-electron chi connectivity index (χ3n) is 4.39. The number of rotatable bonds is 7. The number of aromatic nitrogens is 3. The van der Waals surface area contributed by atoms with Crippen molar-refractivity contribution in [1.82, 2.24) is 14.8 Å². The lowest BCUT2D eigenvalue weighted by molar-refractivity contribution is -0.113. The van der Waals surface area contributed by atoms with Gasteiger partial charge in [0.15, 0.2) is 11.0 Å². The van der Waals surface area contributed by atoms with Crippen molar-refractivity contribution in [2.75, 3.05) is 11.1 Å². The first-order valence-corrected chi connectivity index (χ1v) is 10.7. The number of nitrogens with zero attached hydrogens (tertiary/aromatic N) is 3. The highest BCUT2D eigenvalue weighted by Gasteiger charge is 2.23. The molecule has 1 aliphatic rings. The van der Waals surface area contributed by atoms with Crippen LogP contribution in [0.1, 0.15) is 31.2 Å². The van der Waals surface area contributed by atoms with Crippen molar-refractivity contribution in [2.45, 2.75) is 37.4 Å². The molecular formula is C19H20N4OS2. The number of thiophene rings is 1. The van der Waals surface area contributed by atoms with E-state index in [1.54, 1.807) is 11.3 Å². The summed E-state index contributed by atoms with van der Waals surface area (Å²) in [5.74, 6) is 1.86. The van der Waals surface area contributed by atoms with Crippen LogP contribution in [0.4, 0.5) is 5.69 Å². The van der Waals surface area contributed by atoms with E-state index in [1.165, 1.54) is 30.2 Å². The zero-order valence-corrected chi connectivity index (χ0v) is 16.1. The molecule has 0 spiro atoms. The number of amides is 1. The van der Waals surface area contributed by atoms with Gasteiger partial charge in [-0.2, -0.15) is 11.3 Å². The van der Waals surface area contributed by atoms with Crippen LogP contribution in [-0.4, -0.2) is 26.4 Å². The van der Waals surface area contributed by atoms with E-state index >= 15 is 0 Å². The molecule has 1 aromatic carbocycles. The molecule has 2 heterocycles. The van der Waals surface area contributed by atoms with Gasteiger partial charge in [-0.15, -0.1) is 10.2 Å². The molecule has 2 aromatic heterocycles. The van der Waals surface area contributed by atoms with Gasteiger partial charge in [-0.05, 0) is 54.8 Å². The van der Waals surface area contributed by atoms with Gasteiger partial charge in [0, 0.05) is 23.2 Å². The molecule has 0 bridgehead atoms. The van der Waals surface area contributed by atoms with Crippen molar-refractivity contribution in [3.63, 3.8) is 0 Å². The van der Waals surface area contributed by atoms with Crippen LogP contribution in [0, 0.1) is 0 Å². The second kappa shape index (κ2) is 7.63. The van der Waals surface area contributed by atoms with Crippen molar-refractivity contribution in [3.05, 3.63) is 46.7 Å². The summed E-state index contributed by atoms with van der Waals surface area (Å²) in [6, 6.07) is 10.2. The lowest BCUT2D eigenvalue weighted by Gasteiger charge is -2.08. The van der Waals surface area contributed by atoms with Crippen LogP contribution in [0.3, 0.4) is 0 Å². The summed E-state index contributed by atoms with van der Waals surface area (Å²) in [4.78, 5) is 12.3. The quantitative estimate of drug-likeness (QED) is 0.603. The monoisotopic (exact) mass is 384 g/mol. The Morgan fingerprint density at radius 3 is 2.73 bits per heavy atom. The minimum atomic E-state index is -0.0306. The number of nitrogens with one attached hydrogen (secondary N) is 1. The van der Waals surface area contributed by atoms with E-state index in [0.29, 0.717) is 5.75 Å². The Morgan fingerprint density at radius 2 is 2.08 bits per heavy atom. The summed E-state index contributed by atoms with van der Waals surface area (Å²) >= 11 is 3.05. The van der Waals surface area contributed by atoms with Crippen LogP contribution >= 0.6 is 23.1 Å². The SMILES string of the molecule is CCn1c(SCC(=O)Nc2ccc(C3CC3)cc2)nnc1-c1ccsc1. The van der Waals surface area contributed by atoms with Crippen molar-refractivity contribution < 1.29 is 4.79 Å². The maximum Gasteiger partial charge on any atom is 0.234 e. The molecule has 0 unspecified atom stereocenters. The standard InChI is InChI=1S/C19H20N4OS2/c1-2-23-18(15-9-10-25-11-15)21-22-19(23)26-12-17(24)20-16-7-5-14(6-8-16)13-3-4-13/h5-11,13H,2-4,12H2,1H3,(H,20,24). The molecule has 7 heteroatoms. The Kier molecular flexibility index (Phi) is 5.08. The van der Waals surface area contributed by atoms with E-state index in [2.05, 4.69) is 40.0 Å². The minimum absolute atomic E-state index is 0.0306. The van der Waals surface area contributed by atoms with E-state index < -0.39 is 0 Å². The van der Waals surface area contributed by atoms with Crippen LogP contribution in [0.25, 0.3) is 11.4 Å². The molecule has 1 amide bonds. The molecule has 4 rings (SSSR count). The number of anilines is 1. The fourth-order valence-electron chi connectivity index (χ4n) is 2.87. The molecule has 0 atom stereocenters. The molecule has 1 aliphatic carbocycles. The normalized spacial score (nSPS) is 13.7. The molecule has 0 saturated heterocycles. The van der Waals surface area contributed by atoms with E-state index in [-0.39, 0.29) is 5.91 Å². The van der Waals surface area contributed by atoms with Crippen LogP contribution < -0.4 is 5.32 Å². The van der Waals surface area contributed by atoms with Gasteiger partial charge < -0.3 is 9.88 Å². The van der Waals surface area contributed by atoms with Crippen LogP contribution in [0.5, 0.6) is 0 Å². The lowest BCUT2D eigenvalue weighted by atomic mass is 10.1. The predicted molar refractivity (Wildman–Crippen MR) is 107 cm³/mol. The Hall–Kier alpha value is -2.12. The second-order valence-corrected chi connectivity index (χ2v) is 8.02. The molecule has 0 aliphatic heterocycles. The highest BCUT2D eigenvalue weighted by molar-refractivity contribution is 7.99. The number of hydrogen-bond donors (Lipinski definition) is 1. The third-order valence-corrected chi connectivity index (χ3v) is 6.04. The predicted octanol–water partition coefficient (Wildman–Crippen LogP) is 4.63. The van der Waals surface area contributed by atoms with E-state index in [1.807, 2.05) is 28.1 Å². The summed E-state index contributed by atoms with van der Waals surface area (Å²) in [5.41, 5.74) is 3.28. The van der Waals surface area contributed by atoms with Gasteiger partial charge in [-0.3, -0.25) is 4.79 Å². The van der Waals surface area contributed by atoms with Gasteiger partial charge in [0.1, 0.15) is 0 Å². The molecule has 1 fully saturated rings.